The Morgan fingerprint density at radius 3 is 2.88 bits per heavy atom. The molecule has 128 valence electrons. The number of nitrogens with one attached hydrogen (secondary N) is 1. The van der Waals surface area contributed by atoms with Crippen molar-refractivity contribution in [3.8, 4) is 0 Å². The Labute approximate surface area is 140 Å². The standard InChI is InChI=1S/C16H22N6O2/c1-10-7-11(2)22(16(23)19-10)5-4-18-14-8-13(20-15(17)21-14)12-3-6-24-9-12/h7-8,12H,3-6,9H2,1-2H3,(H3,17,18,20,21)/t12-/m1/s1. The van der Waals surface area contributed by atoms with E-state index in [1.54, 1.807) is 4.57 Å². The first-order chi connectivity index (χ1) is 11.5. The lowest BCUT2D eigenvalue weighted by atomic mass is 10.0. The van der Waals surface area contributed by atoms with Gasteiger partial charge in [-0.15, -0.1) is 0 Å². The average molecular weight is 330 g/mol. The zero-order valence-corrected chi connectivity index (χ0v) is 14.0. The molecule has 1 aliphatic heterocycles. The van der Waals surface area contributed by atoms with Crippen molar-refractivity contribution in [2.45, 2.75) is 32.7 Å². The van der Waals surface area contributed by atoms with E-state index in [1.807, 2.05) is 26.0 Å². The maximum Gasteiger partial charge on any atom is 0.348 e. The van der Waals surface area contributed by atoms with E-state index in [0.717, 1.165) is 30.1 Å². The molecular formula is C16H22N6O2. The zero-order chi connectivity index (χ0) is 17.1. The fourth-order valence-corrected chi connectivity index (χ4v) is 2.90. The summed E-state index contributed by atoms with van der Waals surface area (Å²) in [5.74, 6) is 1.17. The summed E-state index contributed by atoms with van der Waals surface area (Å²) < 4.78 is 7.03. The van der Waals surface area contributed by atoms with Gasteiger partial charge in [0, 0.05) is 43.1 Å². The summed E-state index contributed by atoms with van der Waals surface area (Å²) in [4.78, 5) is 24.4. The molecule has 1 fully saturated rings. The number of aromatic nitrogens is 4. The van der Waals surface area contributed by atoms with Crippen molar-refractivity contribution in [3.63, 3.8) is 0 Å². The second-order valence-electron chi connectivity index (χ2n) is 6.00. The Morgan fingerprint density at radius 2 is 2.17 bits per heavy atom. The molecular weight excluding hydrogens is 308 g/mol. The normalized spacial score (nSPS) is 17.2. The predicted octanol–water partition coefficient (Wildman–Crippen LogP) is 0.848. The average Bonchev–Trinajstić information content (AvgIpc) is 3.03. The van der Waals surface area contributed by atoms with Crippen LogP contribution in [0.2, 0.25) is 0 Å². The number of ether oxygens (including phenoxy) is 1. The minimum absolute atomic E-state index is 0.236. The fraction of sp³-hybridized carbons (Fsp3) is 0.500. The number of rotatable bonds is 5. The van der Waals surface area contributed by atoms with Gasteiger partial charge in [0.25, 0.3) is 0 Å². The van der Waals surface area contributed by atoms with Gasteiger partial charge in [0.1, 0.15) is 5.82 Å². The van der Waals surface area contributed by atoms with Gasteiger partial charge in [-0.1, -0.05) is 0 Å². The molecule has 0 bridgehead atoms. The van der Waals surface area contributed by atoms with Crippen LogP contribution in [0.5, 0.6) is 0 Å². The van der Waals surface area contributed by atoms with Crippen LogP contribution in [0.25, 0.3) is 0 Å². The Bertz CT molecular complexity index is 783. The molecule has 1 atom stereocenters. The first-order valence-corrected chi connectivity index (χ1v) is 8.04. The van der Waals surface area contributed by atoms with Crippen LogP contribution in [0.3, 0.4) is 0 Å². The van der Waals surface area contributed by atoms with E-state index in [2.05, 4.69) is 20.3 Å². The number of anilines is 2. The highest BCUT2D eigenvalue weighted by molar-refractivity contribution is 5.41. The minimum atomic E-state index is -0.236. The van der Waals surface area contributed by atoms with Crippen molar-refractivity contribution >= 4 is 11.8 Å². The van der Waals surface area contributed by atoms with Crippen molar-refractivity contribution in [3.05, 3.63) is 39.7 Å². The largest absolute Gasteiger partial charge is 0.381 e. The summed E-state index contributed by atoms with van der Waals surface area (Å²) in [6.07, 6.45) is 0.944. The second-order valence-corrected chi connectivity index (χ2v) is 6.00. The number of nitrogens with zero attached hydrogens (tertiary/aromatic N) is 4. The highest BCUT2D eigenvalue weighted by atomic mass is 16.5. The maximum atomic E-state index is 11.9. The van der Waals surface area contributed by atoms with Crippen LogP contribution < -0.4 is 16.7 Å². The minimum Gasteiger partial charge on any atom is -0.381 e. The van der Waals surface area contributed by atoms with E-state index in [-0.39, 0.29) is 17.6 Å². The van der Waals surface area contributed by atoms with Crippen LogP contribution in [0.4, 0.5) is 11.8 Å². The Balaban J connectivity index is 1.68. The third-order valence-electron chi connectivity index (χ3n) is 4.10. The van der Waals surface area contributed by atoms with Gasteiger partial charge in [-0.3, -0.25) is 4.57 Å². The molecule has 1 aliphatic rings. The SMILES string of the molecule is Cc1cc(C)n(CCNc2cc([C@@H]3CCOC3)nc(N)n2)c(=O)n1. The van der Waals surface area contributed by atoms with Gasteiger partial charge < -0.3 is 15.8 Å². The van der Waals surface area contributed by atoms with Gasteiger partial charge in [0.2, 0.25) is 5.95 Å². The first kappa shape index (κ1) is 16.4. The molecule has 3 rings (SSSR count). The van der Waals surface area contributed by atoms with E-state index in [4.69, 9.17) is 10.5 Å². The summed E-state index contributed by atoms with van der Waals surface area (Å²) in [6.45, 7) is 6.18. The Morgan fingerprint density at radius 1 is 1.33 bits per heavy atom. The van der Waals surface area contributed by atoms with Crippen LogP contribution in [0.1, 0.15) is 29.4 Å². The van der Waals surface area contributed by atoms with Crippen LogP contribution >= 0.6 is 0 Å². The first-order valence-electron chi connectivity index (χ1n) is 8.04. The highest BCUT2D eigenvalue weighted by Crippen LogP contribution is 2.25. The van der Waals surface area contributed by atoms with Crippen LogP contribution in [0, 0.1) is 13.8 Å². The van der Waals surface area contributed by atoms with Crippen molar-refractivity contribution in [1.29, 1.82) is 0 Å². The lowest BCUT2D eigenvalue weighted by molar-refractivity contribution is 0.193. The topological polar surface area (TPSA) is 108 Å². The van der Waals surface area contributed by atoms with Crippen LogP contribution in [-0.4, -0.2) is 39.3 Å². The number of nitrogen functional groups attached to an aromatic ring is 1. The summed E-state index contributed by atoms with van der Waals surface area (Å²) in [5.41, 5.74) is 8.09. The lowest BCUT2D eigenvalue weighted by Crippen LogP contribution is -2.28. The molecule has 0 radical (unpaired) electrons. The van der Waals surface area contributed by atoms with E-state index in [9.17, 15) is 4.79 Å². The fourth-order valence-electron chi connectivity index (χ4n) is 2.90. The highest BCUT2D eigenvalue weighted by Gasteiger charge is 2.20. The smallest absolute Gasteiger partial charge is 0.348 e. The van der Waals surface area contributed by atoms with E-state index < -0.39 is 0 Å². The molecule has 2 aromatic rings. The van der Waals surface area contributed by atoms with E-state index in [1.165, 1.54) is 0 Å². The molecule has 0 spiro atoms. The Hall–Kier alpha value is -2.48. The zero-order valence-electron chi connectivity index (χ0n) is 14.0. The van der Waals surface area contributed by atoms with Crippen molar-refractivity contribution in [2.75, 3.05) is 30.8 Å². The van der Waals surface area contributed by atoms with E-state index >= 15 is 0 Å². The van der Waals surface area contributed by atoms with Gasteiger partial charge in [-0.25, -0.2) is 9.78 Å². The molecule has 0 amide bonds. The number of hydrogen-bond donors (Lipinski definition) is 2. The summed E-state index contributed by atoms with van der Waals surface area (Å²) >= 11 is 0. The molecule has 0 aliphatic carbocycles. The molecule has 0 unspecified atom stereocenters. The van der Waals surface area contributed by atoms with Gasteiger partial charge in [0.15, 0.2) is 0 Å². The second kappa shape index (κ2) is 6.96. The van der Waals surface area contributed by atoms with E-state index in [0.29, 0.717) is 25.5 Å². The maximum absolute atomic E-state index is 11.9. The van der Waals surface area contributed by atoms with Crippen molar-refractivity contribution in [1.82, 2.24) is 19.5 Å². The molecule has 24 heavy (non-hydrogen) atoms. The van der Waals surface area contributed by atoms with Gasteiger partial charge in [-0.2, -0.15) is 9.97 Å². The molecule has 3 heterocycles. The molecule has 8 heteroatoms. The molecule has 2 aromatic heterocycles. The third-order valence-corrected chi connectivity index (χ3v) is 4.10. The van der Waals surface area contributed by atoms with Crippen molar-refractivity contribution in [2.24, 2.45) is 0 Å². The van der Waals surface area contributed by atoms with Gasteiger partial charge >= 0.3 is 5.69 Å². The van der Waals surface area contributed by atoms with Crippen molar-refractivity contribution < 1.29 is 4.74 Å². The summed E-state index contributed by atoms with van der Waals surface area (Å²) in [6, 6.07) is 3.79. The van der Waals surface area contributed by atoms with Gasteiger partial charge in [-0.05, 0) is 26.3 Å². The third kappa shape index (κ3) is 3.70. The summed E-state index contributed by atoms with van der Waals surface area (Å²) in [7, 11) is 0. The lowest BCUT2D eigenvalue weighted by Gasteiger charge is -2.13. The molecule has 0 aromatic carbocycles. The summed E-state index contributed by atoms with van der Waals surface area (Å²) in [5, 5.41) is 3.21. The number of aryl methyl sites for hydroxylation is 2. The predicted molar refractivity (Wildman–Crippen MR) is 91.1 cm³/mol. The molecule has 0 saturated carbocycles. The monoisotopic (exact) mass is 330 g/mol. The number of hydrogen-bond acceptors (Lipinski definition) is 7. The molecule has 8 nitrogen and oxygen atoms in total. The number of nitrogens with two attached hydrogens (primary N) is 1. The quantitative estimate of drug-likeness (QED) is 0.836. The Kier molecular flexibility index (Phi) is 4.75. The molecule has 1 saturated heterocycles. The molecule has 3 N–H and O–H groups in total. The van der Waals surface area contributed by atoms with Crippen LogP contribution in [0.15, 0.2) is 16.9 Å². The van der Waals surface area contributed by atoms with Gasteiger partial charge in [0.05, 0.1) is 12.3 Å². The van der Waals surface area contributed by atoms with Crippen LogP contribution in [-0.2, 0) is 11.3 Å².